The second kappa shape index (κ2) is 3.59. The van der Waals surface area contributed by atoms with E-state index in [0.717, 1.165) is 21.3 Å². The molecule has 14 heavy (non-hydrogen) atoms. The Hall–Kier alpha value is -1.07. The molecular formula is C9H10BrN3O. The number of nitrogens with one attached hydrogen (secondary N) is 1. The number of anilines is 1. The number of rotatable bonds is 2. The van der Waals surface area contributed by atoms with Crippen LogP contribution in [0.2, 0.25) is 0 Å². The minimum absolute atomic E-state index is 0.0902. The highest BCUT2D eigenvalue weighted by Gasteiger charge is 2.07. The van der Waals surface area contributed by atoms with Gasteiger partial charge in [0.25, 0.3) is 0 Å². The number of hydrogen-bond donors (Lipinski definition) is 3. The van der Waals surface area contributed by atoms with E-state index in [0.29, 0.717) is 12.1 Å². The van der Waals surface area contributed by atoms with Crippen molar-refractivity contribution >= 4 is 32.7 Å². The van der Waals surface area contributed by atoms with Gasteiger partial charge in [-0.3, -0.25) is 0 Å². The molecule has 0 spiro atoms. The van der Waals surface area contributed by atoms with Crippen molar-refractivity contribution in [2.24, 2.45) is 0 Å². The lowest BCUT2D eigenvalue weighted by molar-refractivity contribution is 0.297. The minimum atomic E-state index is 0.0902. The Balaban J connectivity index is 2.59. The van der Waals surface area contributed by atoms with Crippen molar-refractivity contribution in [2.75, 3.05) is 12.3 Å². The van der Waals surface area contributed by atoms with Crippen molar-refractivity contribution in [1.29, 1.82) is 0 Å². The van der Waals surface area contributed by atoms with Crippen LogP contribution in [0, 0.1) is 0 Å². The number of aromatic amines is 1. The number of nitrogens with two attached hydrogens (primary N) is 1. The zero-order valence-corrected chi connectivity index (χ0v) is 9.00. The summed E-state index contributed by atoms with van der Waals surface area (Å²) >= 11 is 3.38. The Kier molecular flexibility index (Phi) is 2.43. The summed E-state index contributed by atoms with van der Waals surface area (Å²) < 4.78 is 0.801. The van der Waals surface area contributed by atoms with Gasteiger partial charge in [-0.25, -0.2) is 4.98 Å². The Morgan fingerprint density at radius 2 is 2.29 bits per heavy atom. The summed E-state index contributed by atoms with van der Waals surface area (Å²) in [6.45, 7) is 0.0902. The molecule has 0 amide bonds. The Morgan fingerprint density at radius 1 is 1.50 bits per heavy atom. The van der Waals surface area contributed by atoms with Gasteiger partial charge in [0.05, 0.1) is 16.6 Å². The van der Waals surface area contributed by atoms with Crippen LogP contribution in [-0.2, 0) is 6.42 Å². The fraction of sp³-hybridized carbons (Fsp3) is 0.222. The summed E-state index contributed by atoms with van der Waals surface area (Å²) in [4.78, 5) is 7.43. The number of H-pyrrole nitrogens is 1. The highest BCUT2D eigenvalue weighted by molar-refractivity contribution is 9.10. The van der Waals surface area contributed by atoms with Crippen LogP contribution in [0.5, 0.6) is 0 Å². The molecule has 1 heterocycles. The number of nitrogen functional groups attached to an aromatic ring is 1. The van der Waals surface area contributed by atoms with Crippen LogP contribution in [0.3, 0.4) is 0 Å². The first-order valence-corrected chi connectivity index (χ1v) is 5.05. The summed E-state index contributed by atoms with van der Waals surface area (Å²) in [6.07, 6.45) is 0.529. The van der Waals surface area contributed by atoms with E-state index in [2.05, 4.69) is 25.9 Å². The standard InChI is InChI=1S/C9H10BrN3O/c10-8-5(11)1-2-6-9(8)13-7(12-6)3-4-14/h1-2,14H,3-4,11H2,(H,12,13). The molecule has 74 valence electrons. The lowest BCUT2D eigenvalue weighted by Crippen LogP contribution is -1.91. The minimum Gasteiger partial charge on any atom is -0.398 e. The number of aliphatic hydroxyl groups is 1. The first kappa shape index (κ1) is 9.48. The van der Waals surface area contributed by atoms with Crippen LogP contribution in [0.1, 0.15) is 5.82 Å². The van der Waals surface area contributed by atoms with Gasteiger partial charge >= 0.3 is 0 Å². The van der Waals surface area contributed by atoms with E-state index >= 15 is 0 Å². The van der Waals surface area contributed by atoms with Gasteiger partial charge in [0.15, 0.2) is 0 Å². The predicted octanol–water partition coefficient (Wildman–Crippen LogP) is 1.44. The summed E-state index contributed by atoms with van der Waals surface area (Å²) in [5.74, 6) is 0.772. The zero-order chi connectivity index (χ0) is 10.1. The zero-order valence-electron chi connectivity index (χ0n) is 7.42. The third-order valence-corrected chi connectivity index (χ3v) is 2.85. The molecule has 2 rings (SSSR count). The molecule has 4 nitrogen and oxygen atoms in total. The van der Waals surface area contributed by atoms with Crippen LogP contribution >= 0.6 is 15.9 Å². The molecule has 5 heteroatoms. The molecule has 1 aromatic carbocycles. The maximum Gasteiger partial charge on any atom is 0.109 e. The molecule has 0 fully saturated rings. The van der Waals surface area contributed by atoms with Crippen molar-refractivity contribution in [3.05, 3.63) is 22.4 Å². The van der Waals surface area contributed by atoms with Crippen molar-refractivity contribution < 1.29 is 5.11 Å². The smallest absolute Gasteiger partial charge is 0.109 e. The Bertz CT molecular complexity index is 466. The third-order valence-electron chi connectivity index (χ3n) is 2.02. The number of halogens is 1. The number of imidazole rings is 1. The van der Waals surface area contributed by atoms with Gasteiger partial charge in [0, 0.05) is 12.1 Å². The van der Waals surface area contributed by atoms with E-state index in [9.17, 15) is 0 Å². The quantitative estimate of drug-likeness (QED) is 0.712. The van der Waals surface area contributed by atoms with Crippen LogP contribution in [0.25, 0.3) is 11.0 Å². The predicted molar refractivity (Wildman–Crippen MR) is 59.0 cm³/mol. The van der Waals surface area contributed by atoms with E-state index in [4.69, 9.17) is 10.8 Å². The lowest BCUT2D eigenvalue weighted by Gasteiger charge is -1.96. The molecule has 0 aliphatic rings. The van der Waals surface area contributed by atoms with E-state index in [1.165, 1.54) is 0 Å². The van der Waals surface area contributed by atoms with Crippen molar-refractivity contribution in [2.45, 2.75) is 6.42 Å². The molecule has 0 aliphatic heterocycles. The van der Waals surface area contributed by atoms with Crippen molar-refractivity contribution in [1.82, 2.24) is 9.97 Å². The fourth-order valence-electron chi connectivity index (χ4n) is 1.33. The maximum atomic E-state index is 8.77. The van der Waals surface area contributed by atoms with E-state index in [1.807, 2.05) is 12.1 Å². The second-order valence-corrected chi connectivity index (χ2v) is 3.82. The first-order chi connectivity index (χ1) is 6.72. The number of nitrogens with zero attached hydrogens (tertiary/aromatic N) is 1. The molecule has 0 unspecified atom stereocenters. The molecular weight excluding hydrogens is 246 g/mol. The average molecular weight is 256 g/mol. The summed E-state index contributed by atoms with van der Waals surface area (Å²) in [5, 5.41) is 8.77. The largest absolute Gasteiger partial charge is 0.398 e. The van der Waals surface area contributed by atoms with Crippen LogP contribution in [0.15, 0.2) is 16.6 Å². The van der Waals surface area contributed by atoms with Gasteiger partial charge in [0.1, 0.15) is 11.3 Å². The monoisotopic (exact) mass is 255 g/mol. The van der Waals surface area contributed by atoms with Gasteiger partial charge in [-0.15, -0.1) is 0 Å². The Morgan fingerprint density at radius 3 is 3.00 bits per heavy atom. The summed E-state index contributed by atoms with van der Waals surface area (Å²) in [6, 6.07) is 3.69. The number of aliphatic hydroxyl groups excluding tert-OH is 1. The van der Waals surface area contributed by atoms with Crippen LogP contribution in [-0.4, -0.2) is 21.7 Å². The molecule has 0 aliphatic carbocycles. The second-order valence-electron chi connectivity index (χ2n) is 3.02. The number of hydrogen-bond acceptors (Lipinski definition) is 3. The fourth-order valence-corrected chi connectivity index (χ4v) is 1.77. The molecule has 4 N–H and O–H groups in total. The van der Waals surface area contributed by atoms with Gasteiger partial charge in [-0.2, -0.15) is 0 Å². The number of benzene rings is 1. The van der Waals surface area contributed by atoms with Crippen molar-refractivity contribution in [3.8, 4) is 0 Å². The maximum absolute atomic E-state index is 8.77. The molecule has 0 saturated heterocycles. The van der Waals surface area contributed by atoms with Crippen LogP contribution in [0.4, 0.5) is 5.69 Å². The van der Waals surface area contributed by atoms with E-state index in [-0.39, 0.29) is 6.61 Å². The van der Waals surface area contributed by atoms with Crippen LogP contribution < -0.4 is 5.73 Å². The molecule has 0 radical (unpaired) electrons. The Labute approximate surface area is 89.3 Å². The molecule has 0 bridgehead atoms. The van der Waals surface area contributed by atoms with Gasteiger partial charge in [-0.1, -0.05) is 0 Å². The summed E-state index contributed by atoms with van der Waals surface area (Å²) in [5.41, 5.74) is 8.12. The highest BCUT2D eigenvalue weighted by Crippen LogP contribution is 2.27. The number of aromatic nitrogens is 2. The van der Waals surface area contributed by atoms with Crippen molar-refractivity contribution in [3.63, 3.8) is 0 Å². The SMILES string of the molecule is Nc1ccc2[nH]c(CCO)nc2c1Br. The molecule has 1 aromatic heterocycles. The lowest BCUT2D eigenvalue weighted by atomic mass is 10.3. The molecule has 0 saturated carbocycles. The topological polar surface area (TPSA) is 74.9 Å². The van der Waals surface area contributed by atoms with Gasteiger partial charge in [-0.05, 0) is 28.1 Å². The highest BCUT2D eigenvalue weighted by atomic mass is 79.9. The first-order valence-electron chi connectivity index (χ1n) is 4.26. The van der Waals surface area contributed by atoms with E-state index < -0.39 is 0 Å². The van der Waals surface area contributed by atoms with Gasteiger partial charge < -0.3 is 15.8 Å². The van der Waals surface area contributed by atoms with E-state index in [1.54, 1.807) is 0 Å². The average Bonchev–Trinajstić information content (AvgIpc) is 2.56. The normalized spacial score (nSPS) is 11.0. The molecule has 0 atom stereocenters. The molecule has 2 aromatic rings. The van der Waals surface area contributed by atoms with Gasteiger partial charge in [0.2, 0.25) is 0 Å². The summed E-state index contributed by atoms with van der Waals surface area (Å²) in [7, 11) is 0. The number of fused-ring (bicyclic) bond motifs is 1. The third kappa shape index (κ3) is 1.49.